The summed E-state index contributed by atoms with van der Waals surface area (Å²) in [6, 6.07) is 15.7. The Morgan fingerprint density at radius 3 is 2.54 bits per heavy atom. The molecule has 1 aromatic heterocycles. The van der Waals surface area contributed by atoms with Crippen molar-refractivity contribution in [2.24, 2.45) is 0 Å². The molecule has 0 N–H and O–H groups in total. The number of hydrogen-bond acceptors (Lipinski definition) is 7. The Morgan fingerprint density at radius 1 is 1.12 bits per heavy atom. The topological polar surface area (TPSA) is 115 Å². The molecule has 210 valence electrons. The standard InChI is InChI=1S/C31H29FN4O5/c1-4-5-14-41-28-12-11-22(17-27(28)32)29-23(19-36(34-29)24-9-7-6-8-10-24)16-25-20(2)26(18-33)31(39)35(30(25)38)13-15-40-21(3)37/h6-12,16-17,19H,4-5,13-15H2,1-3H3/b25-16+. The smallest absolute Gasteiger partial charge is 0.302 e. The van der Waals surface area contributed by atoms with Crippen LogP contribution >= 0.6 is 0 Å². The van der Waals surface area contributed by atoms with Crippen LogP contribution in [-0.2, 0) is 19.1 Å². The molecule has 0 saturated heterocycles. The lowest BCUT2D eigenvalue weighted by atomic mass is 9.93. The third-order valence-corrected chi connectivity index (χ3v) is 6.47. The molecule has 41 heavy (non-hydrogen) atoms. The molecule has 0 atom stereocenters. The number of benzene rings is 2. The van der Waals surface area contributed by atoms with Gasteiger partial charge >= 0.3 is 5.97 Å². The number of rotatable bonds is 10. The predicted octanol–water partition coefficient (Wildman–Crippen LogP) is 5.01. The number of ether oxygens (including phenoxy) is 2. The first-order valence-corrected chi connectivity index (χ1v) is 13.2. The van der Waals surface area contributed by atoms with Crippen molar-refractivity contribution in [3.8, 4) is 28.8 Å². The number of nitrogens with zero attached hydrogens (tertiary/aromatic N) is 4. The fourth-order valence-electron chi connectivity index (χ4n) is 4.29. The third-order valence-electron chi connectivity index (χ3n) is 6.47. The van der Waals surface area contributed by atoms with Gasteiger partial charge in [-0.1, -0.05) is 31.5 Å². The van der Waals surface area contributed by atoms with Crippen molar-refractivity contribution in [3.63, 3.8) is 0 Å². The number of carbonyl (C=O) groups is 3. The average Bonchev–Trinajstić information content (AvgIpc) is 3.38. The molecular weight excluding hydrogens is 527 g/mol. The molecule has 3 aromatic rings. The Kier molecular flexibility index (Phi) is 9.09. The first-order valence-electron chi connectivity index (χ1n) is 13.2. The zero-order chi connectivity index (χ0) is 29.5. The van der Waals surface area contributed by atoms with E-state index in [2.05, 4.69) is 5.10 Å². The van der Waals surface area contributed by atoms with Crippen LogP contribution in [0.1, 0.15) is 39.2 Å². The molecule has 0 fully saturated rings. The van der Waals surface area contributed by atoms with Gasteiger partial charge in [0.05, 0.1) is 18.8 Å². The monoisotopic (exact) mass is 556 g/mol. The number of aromatic nitrogens is 2. The number of carbonyl (C=O) groups excluding carboxylic acids is 3. The van der Waals surface area contributed by atoms with E-state index in [1.54, 1.807) is 23.0 Å². The summed E-state index contributed by atoms with van der Waals surface area (Å²) < 4.78 is 27.1. The molecule has 2 aromatic carbocycles. The van der Waals surface area contributed by atoms with Crippen LogP contribution < -0.4 is 4.74 Å². The van der Waals surface area contributed by atoms with E-state index in [4.69, 9.17) is 9.47 Å². The van der Waals surface area contributed by atoms with Crippen LogP contribution in [0.3, 0.4) is 0 Å². The molecule has 2 heterocycles. The van der Waals surface area contributed by atoms with Gasteiger partial charge in [-0.15, -0.1) is 0 Å². The van der Waals surface area contributed by atoms with Gasteiger partial charge in [0.15, 0.2) is 11.6 Å². The van der Waals surface area contributed by atoms with Crippen molar-refractivity contribution in [2.75, 3.05) is 19.8 Å². The Balaban J connectivity index is 1.81. The van der Waals surface area contributed by atoms with E-state index in [0.717, 1.165) is 23.4 Å². The van der Waals surface area contributed by atoms with Crippen molar-refractivity contribution in [2.45, 2.75) is 33.6 Å². The number of halogens is 1. The minimum atomic E-state index is -0.764. The molecule has 9 nitrogen and oxygen atoms in total. The first-order chi connectivity index (χ1) is 19.7. The summed E-state index contributed by atoms with van der Waals surface area (Å²) in [5, 5.41) is 14.4. The van der Waals surface area contributed by atoms with Gasteiger partial charge in [-0.3, -0.25) is 19.3 Å². The molecular formula is C31H29FN4O5. The normalized spacial score (nSPS) is 14.4. The lowest BCUT2D eigenvalue weighted by molar-refractivity contribution is -0.147. The van der Waals surface area contributed by atoms with Crippen molar-refractivity contribution in [3.05, 3.63) is 82.8 Å². The van der Waals surface area contributed by atoms with Crippen LogP contribution in [0.5, 0.6) is 5.75 Å². The molecule has 10 heteroatoms. The highest BCUT2D eigenvalue weighted by Crippen LogP contribution is 2.32. The summed E-state index contributed by atoms with van der Waals surface area (Å²) in [5.41, 5.74) is 2.12. The predicted molar refractivity (Wildman–Crippen MR) is 149 cm³/mol. The van der Waals surface area contributed by atoms with Gasteiger partial charge in [-0.05, 0) is 55.3 Å². The number of para-hydroxylation sites is 1. The molecule has 0 unspecified atom stereocenters. The minimum absolute atomic E-state index is 0.0952. The molecule has 4 rings (SSSR count). The molecule has 0 aliphatic carbocycles. The van der Waals surface area contributed by atoms with E-state index in [1.165, 1.54) is 26.0 Å². The molecule has 0 saturated carbocycles. The van der Waals surface area contributed by atoms with E-state index >= 15 is 4.39 Å². The summed E-state index contributed by atoms with van der Waals surface area (Å²) >= 11 is 0. The van der Waals surface area contributed by atoms with Gasteiger partial charge in [0.2, 0.25) is 0 Å². The van der Waals surface area contributed by atoms with Gasteiger partial charge in [0.25, 0.3) is 11.8 Å². The zero-order valence-corrected chi connectivity index (χ0v) is 23.0. The van der Waals surface area contributed by atoms with Gasteiger partial charge in [0, 0.05) is 29.8 Å². The molecule has 0 bridgehead atoms. The van der Waals surface area contributed by atoms with Crippen molar-refractivity contribution in [1.82, 2.24) is 14.7 Å². The third kappa shape index (κ3) is 6.41. The molecule has 1 aliphatic heterocycles. The average molecular weight is 557 g/mol. The van der Waals surface area contributed by atoms with Crippen molar-refractivity contribution < 1.29 is 28.2 Å². The van der Waals surface area contributed by atoms with E-state index in [-0.39, 0.29) is 35.6 Å². The summed E-state index contributed by atoms with van der Waals surface area (Å²) in [7, 11) is 0. The number of amides is 2. The summed E-state index contributed by atoms with van der Waals surface area (Å²) in [6.45, 7) is 4.73. The van der Waals surface area contributed by atoms with Crippen LogP contribution in [0.15, 0.2) is 71.4 Å². The Bertz CT molecular complexity index is 1580. The second-order valence-corrected chi connectivity index (χ2v) is 9.33. The second kappa shape index (κ2) is 12.9. The lowest BCUT2D eigenvalue weighted by Gasteiger charge is -2.27. The molecule has 0 radical (unpaired) electrons. The Hall–Kier alpha value is -5.04. The molecule has 2 amide bonds. The van der Waals surface area contributed by atoms with Crippen LogP contribution in [0.4, 0.5) is 4.39 Å². The Morgan fingerprint density at radius 2 is 1.88 bits per heavy atom. The van der Waals surface area contributed by atoms with Crippen LogP contribution in [-0.4, -0.2) is 52.2 Å². The summed E-state index contributed by atoms with van der Waals surface area (Å²) in [5.74, 6) is -2.39. The maximum absolute atomic E-state index is 15.0. The van der Waals surface area contributed by atoms with E-state index in [9.17, 15) is 19.6 Å². The number of hydrogen-bond donors (Lipinski definition) is 0. The van der Waals surface area contributed by atoms with Gasteiger partial charge in [-0.2, -0.15) is 10.4 Å². The van der Waals surface area contributed by atoms with Gasteiger partial charge in [-0.25, -0.2) is 9.07 Å². The van der Waals surface area contributed by atoms with E-state index in [1.807, 2.05) is 43.3 Å². The summed E-state index contributed by atoms with van der Waals surface area (Å²) in [4.78, 5) is 38.4. The van der Waals surface area contributed by atoms with Crippen molar-refractivity contribution >= 4 is 23.9 Å². The van der Waals surface area contributed by atoms with Crippen LogP contribution in [0.25, 0.3) is 23.0 Å². The number of esters is 1. The van der Waals surface area contributed by atoms with Gasteiger partial charge < -0.3 is 9.47 Å². The highest BCUT2D eigenvalue weighted by molar-refractivity contribution is 6.19. The SMILES string of the molecule is CCCCOc1ccc(-c2nn(-c3ccccc3)cc2/C=C2/C(=O)N(CCOC(C)=O)C(=O)C(C#N)=C2C)cc1F. The largest absolute Gasteiger partial charge is 0.491 e. The van der Waals surface area contributed by atoms with E-state index < -0.39 is 23.6 Å². The van der Waals surface area contributed by atoms with Crippen LogP contribution in [0, 0.1) is 17.1 Å². The Labute approximate surface area is 237 Å². The first kappa shape index (κ1) is 29.0. The van der Waals surface area contributed by atoms with Crippen LogP contribution in [0.2, 0.25) is 0 Å². The minimum Gasteiger partial charge on any atom is -0.491 e. The molecule has 0 spiro atoms. The van der Waals surface area contributed by atoms with E-state index in [0.29, 0.717) is 23.4 Å². The number of nitriles is 1. The number of unbranched alkanes of at least 4 members (excludes halogenated alkanes) is 1. The highest BCUT2D eigenvalue weighted by atomic mass is 19.1. The maximum atomic E-state index is 15.0. The maximum Gasteiger partial charge on any atom is 0.302 e. The number of imide groups is 1. The lowest BCUT2D eigenvalue weighted by Crippen LogP contribution is -2.44. The van der Waals surface area contributed by atoms with Gasteiger partial charge in [0.1, 0.15) is 23.9 Å². The zero-order valence-electron chi connectivity index (χ0n) is 23.0. The molecule has 1 aliphatic rings. The second-order valence-electron chi connectivity index (χ2n) is 9.33. The fourth-order valence-corrected chi connectivity index (χ4v) is 4.29. The van der Waals surface area contributed by atoms with Crippen molar-refractivity contribution in [1.29, 1.82) is 5.26 Å². The summed E-state index contributed by atoms with van der Waals surface area (Å²) in [6.07, 6.45) is 4.94. The quantitative estimate of drug-likeness (QED) is 0.149. The highest BCUT2D eigenvalue weighted by Gasteiger charge is 2.35. The fraction of sp³-hybridized carbons (Fsp3) is 0.258.